The second kappa shape index (κ2) is 6.83. The van der Waals surface area contributed by atoms with Gasteiger partial charge in [-0.1, -0.05) is 0 Å². The minimum Gasteiger partial charge on any atom is -0.384 e. The molecule has 5 heteroatoms. The lowest BCUT2D eigenvalue weighted by molar-refractivity contribution is -0.130. The van der Waals surface area contributed by atoms with E-state index in [1.165, 1.54) is 0 Å². The van der Waals surface area contributed by atoms with E-state index in [0.717, 1.165) is 17.9 Å². The molecule has 0 spiro atoms. The summed E-state index contributed by atoms with van der Waals surface area (Å²) in [5.74, 6) is 0.0753. The number of likely N-dealkylation sites (N-methyl/N-ethyl adjacent to an activating group) is 1. The van der Waals surface area contributed by atoms with Gasteiger partial charge in [-0.05, 0) is 26.8 Å². The van der Waals surface area contributed by atoms with Crippen molar-refractivity contribution in [3.8, 4) is 0 Å². The molecule has 0 radical (unpaired) electrons. The van der Waals surface area contributed by atoms with Crippen LogP contribution in [-0.2, 0) is 4.79 Å². The van der Waals surface area contributed by atoms with Gasteiger partial charge in [0.1, 0.15) is 6.04 Å². The second-order valence-corrected chi connectivity index (χ2v) is 4.21. The van der Waals surface area contributed by atoms with Crippen LogP contribution in [0.1, 0.15) is 20.8 Å². The smallest absolute Gasteiger partial charge is 0.244 e. The minimum absolute atomic E-state index is 0.0753. The van der Waals surface area contributed by atoms with Gasteiger partial charge in [-0.15, -0.1) is 0 Å². The molecule has 0 saturated heterocycles. The number of hydrogen-bond acceptors (Lipinski definition) is 4. The molecule has 0 fully saturated rings. The zero-order valence-electron chi connectivity index (χ0n) is 11.5. The molecule has 1 aromatic heterocycles. The summed E-state index contributed by atoms with van der Waals surface area (Å²) in [7, 11) is 1.80. The van der Waals surface area contributed by atoms with E-state index in [4.69, 9.17) is 0 Å². The predicted octanol–water partition coefficient (Wildman–Crippen LogP) is 1.79. The Morgan fingerprint density at radius 3 is 2.67 bits per heavy atom. The fourth-order valence-corrected chi connectivity index (χ4v) is 1.62. The van der Waals surface area contributed by atoms with E-state index in [1.807, 2.05) is 26.8 Å². The highest BCUT2D eigenvalue weighted by Crippen LogP contribution is 2.14. The second-order valence-electron chi connectivity index (χ2n) is 4.21. The Bertz CT molecular complexity index is 394. The molecule has 1 amide bonds. The zero-order chi connectivity index (χ0) is 13.5. The maximum absolute atomic E-state index is 11.9. The average Bonchev–Trinajstić information content (AvgIpc) is 2.37. The van der Waals surface area contributed by atoms with Crippen molar-refractivity contribution in [2.24, 2.45) is 0 Å². The Kier molecular flexibility index (Phi) is 5.42. The molecule has 1 aromatic rings. The number of hydrogen-bond donors (Lipinski definition) is 2. The van der Waals surface area contributed by atoms with Crippen LogP contribution in [0.3, 0.4) is 0 Å². The third-order valence-corrected chi connectivity index (χ3v) is 2.72. The first kappa shape index (κ1) is 14.3. The summed E-state index contributed by atoms with van der Waals surface area (Å²) >= 11 is 0. The number of nitrogens with zero attached hydrogens (tertiary/aromatic N) is 2. The average molecular weight is 250 g/mol. The molecule has 0 aromatic carbocycles. The summed E-state index contributed by atoms with van der Waals surface area (Å²) in [4.78, 5) is 17.7. The maximum atomic E-state index is 11.9. The van der Waals surface area contributed by atoms with Crippen molar-refractivity contribution in [2.75, 3.05) is 30.8 Å². The highest BCUT2D eigenvalue weighted by Gasteiger charge is 2.15. The topological polar surface area (TPSA) is 57.3 Å². The molecule has 1 rings (SSSR count). The molecule has 2 N–H and O–H groups in total. The van der Waals surface area contributed by atoms with Gasteiger partial charge < -0.3 is 15.5 Å². The van der Waals surface area contributed by atoms with Crippen LogP contribution in [0.2, 0.25) is 0 Å². The van der Waals surface area contributed by atoms with E-state index in [2.05, 4.69) is 15.6 Å². The van der Waals surface area contributed by atoms with Gasteiger partial charge in [0.25, 0.3) is 0 Å². The quantitative estimate of drug-likeness (QED) is 0.808. The molecule has 0 bridgehead atoms. The molecule has 1 unspecified atom stereocenters. The number of nitrogens with one attached hydrogen (secondary N) is 2. The van der Waals surface area contributed by atoms with E-state index in [1.54, 1.807) is 24.3 Å². The van der Waals surface area contributed by atoms with Crippen LogP contribution in [0.15, 0.2) is 18.5 Å². The highest BCUT2D eigenvalue weighted by molar-refractivity contribution is 5.84. The number of anilines is 2. The van der Waals surface area contributed by atoms with Gasteiger partial charge in [0.2, 0.25) is 5.91 Å². The summed E-state index contributed by atoms with van der Waals surface area (Å²) in [5, 5.41) is 6.35. The van der Waals surface area contributed by atoms with Gasteiger partial charge in [-0.25, -0.2) is 0 Å². The van der Waals surface area contributed by atoms with E-state index in [0.29, 0.717) is 6.54 Å². The zero-order valence-corrected chi connectivity index (χ0v) is 11.5. The number of carbonyl (C=O) groups is 1. The van der Waals surface area contributed by atoms with Crippen molar-refractivity contribution in [3.63, 3.8) is 0 Å². The Labute approximate surface area is 109 Å². The fraction of sp³-hybridized carbons (Fsp3) is 0.538. The number of amides is 1. The molecular weight excluding hydrogens is 228 g/mol. The van der Waals surface area contributed by atoms with Crippen molar-refractivity contribution in [1.29, 1.82) is 0 Å². The van der Waals surface area contributed by atoms with Crippen molar-refractivity contribution in [3.05, 3.63) is 18.5 Å². The van der Waals surface area contributed by atoms with Gasteiger partial charge in [0.15, 0.2) is 0 Å². The van der Waals surface area contributed by atoms with Crippen LogP contribution in [0.4, 0.5) is 11.4 Å². The lowest BCUT2D eigenvalue weighted by Crippen LogP contribution is -2.38. The molecule has 18 heavy (non-hydrogen) atoms. The van der Waals surface area contributed by atoms with Crippen LogP contribution in [0, 0.1) is 0 Å². The van der Waals surface area contributed by atoms with Crippen LogP contribution in [-0.4, -0.2) is 42.0 Å². The van der Waals surface area contributed by atoms with Crippen LogP contribution in [0.25, 0.3) is 0 Å². The van der Waals surface area contributed by atoms with Crippen molar-refractivity contribution in [1.82, 2.24) is 9.88 Å². The summed E-state index contributed by atoms with van der Waals surface area (Å²) in [6.07, 6.45) is 3.48. The Balaban J connectivity index is 2.66. The molecule has 1 atom stereocenters. The van der Waals surface area contributed by atoms with E-state index in [-0.39, 0.29) is 11.9 Å². The van der Waals surface area contributed by atoms with E-state index in [9.17, 15) is 4.79 Å². The first-order chi connectivity index (χ1) is 8.58. The Morgan fingerprint density at radius 2 is 2.06 bits per heavy atom. The maximum Gasteiger partial charge on any atom is 0.244 e. The number of rotatable bonds is 6. The highest BCUT2D eigenvalue weighted by atomic mass is 16.2. The molecule has 100 valence electrons. The van der Waals surface area contributed by atoms with Crippen molar-refractivity contribution >= 4 is 17.3 Å². The number of aromatic nitrogens is 1. The van der Waals surface area contributed by atoms with Gasteiger partial charge >= 0.3 is 0 Å². The normalized spacial score (nSPS) is 11.8. The fourth-order valence-electron chi connectivity index (χ4n) is 1.62. The third-order valence-electron chi connectivity index (χ3n) is 2.72. The van der Waals surface area contributed by atoms with E-state index < -0.39 is 0 Å². The molecular formula is C13H22N4O. The number of pyridine rings is 1. The SMILES string of the molecule is CCNc1cncc(NC(C)C(=O)N(C)CC)c1. The first-order valence-electron chi connectivity index (χ1n) is 6.28. The largest absolute Gasteiger partial charge is 0.384 e. The van der Waals surface area contributed by atoms with Crippen LogP contribution < -0.4 is 10.6 Å². The lowest BCUT2D eigenvalue weighted by Gasteiger charge is -2.21. The monoisotopic (exact) mass is 250 g/mol. The van der Waals surface area contributed by atoms with Gasteiger partial charge in [0.05, 0.1) is 23.8 Å². The van der Waals surface area contributed by atoms with Gasteiger partial charge in [-0.3, -0.25) is 9.78 Å². The molecule has 0 aliphatic rings. The van der Waals surface area contributed by atoms with Gasteiger partial charge in [-0.2, -0.15) is 0 Å². The van der Waals surface area contributed by atoms with Crippen LogP contribution in [0.5, 0.6) is 0 Å². The summed E-state index contributed by atoms with van der Waals surface area (Å²) in [5.41, 5.74) is 1.80. The molecule has 0 aliphatic carbocycles. The minimum atomic E-state index is -0.256. The van der Waals surface area contributed by atoms with Gasteiger partial charge in [0, 0.05) is 20.1 Å². The molecule has 0 saturated carbocycles. The van der Waals surface area contributed by atoms with E-state index >= 15 is 0 Å². The number of carbonyl (C=O) groups excluding carboxylic acids is 1. The van der Waals surface area contributed by atoms with Crippen molar-refractivity contribution in [2.45, 2.75) is 26.8 Å². The lowest BCUT2D eigenvalue weighted by atomic mass is 10.2. The Morgan fingerprint density at radius 1 is 1.39 bits per heavy atom. The summed E-state index contributed by atoms with van der Waals surface area (Å²) in [6, 6.07) is 1.69. The standard InChI is InChI=1S/C13H22N4O/c1-5-15-11-7-12(9-14-8-11)16-10(3)13(18)17(4)6-2/h7-10,15-16H,5-6H2,1-4H3. The first-order valence-corrected chi connectivity index (χ1v) is 6.28. The van der Waals surface area contributed by atoms with Crippen molar-refractivity contribution < 1.29 is 4.79 Å². The molecule has 5 nitrogen and oxygen atoms in total. The van der Waals surface area contributed by atoms with Crippen LogP contribution >= 0.6 is 0 Å². The summed E-state index contributed by atoms with van der Waals surface area (Å²) < 4.78 is 0. The Hall–Kier alpha value is -1.78. The third kappa shape index (κ3) is 3.91. The predicted molar refractivity (Wildman–Crippen MR) is 74.8 cm³/mol. The molecule has 1 heterocycles. The summed E-state index contributed by atoms with van der Waals surface area (Å²) in [6.45, 7) is 7.40. The molecule has 0 aliphatic heterocycles.